The lowest BCUT2D eigenvalue weighted by molar-refractivity contribution is -0.143. The summed E-state index contributed by atoms with van der Waals surface area (Å²) in [7, 11) is -3.94. The standard InChI is InChI=1S/C37H50FN5O9S/c1-35(2,3)52-33(47)39-27-15-10-8-6-7-9-13-23-18-37(23,32(46)41-53(49,50)24-16-17-24)40-30(44)29-36(4,5)28(21-43(29)31(27)45)51-34(48)42-19-22-12-11-14-26(38)25(22)20-42/h9,11-14,23-24,27-29H,6-8,10,15-21H2,1-5H3,(H,39,47)(H,40,44)(H,41,46)/b13-9-/t23-,27+,28+,29-,37-/m1/s1. The van der Waals surface area contributed by atoms with E-state index in [0.717, 1.165) is 6.42 Å². The quantitative estimate of drug-likeness (QED) is 0.377. The van der Waals surface area contributed by atoms with Crippen LogP contribution in [0.15, 0.2) is 30.4 Å². The highest BCUT2D eigenvalue weighted by Crippen LogP contribution is 2.47. The monoisotopic (exact) mass is 759 g/mol. The van der Waals surface area contributed by atoms with Gasteiger partial charge in [0.25, 0.3) is 5.91 Å². The zero-order valence-electron chi connectivity index (χ0n) is 30.9. The molecule has 5 aliphatic rings. The molecule has 0 radical (unpaired) electrons. The Hall–Kier alpha value is -4.21. The first-order valence-corrected chi connectivity index (χ1v) is 19.9. The number of fused-ring (bicyclic) bond motifs is 3. The van der Waals surface area contributed by atoms with Crippen molar-refractivity contribution in [2.75, 3.05) is 6.54 Å². The number of hydrogen-bond donors (Lipinski definition) is 3. The maximum absolute atomic E-state index is 14.6. The van der Waals surface area contributed by atoms with Gasteiger partial charge in [-0.25, -0.2) is 22.4 Å². The van der Waals surface area contributed by atoms with Crippen molar-refractivity contribution < 1.29 is 46.3 Å². The fourth-order valence-electron chi connectivity index (χ4n) is 7.60. The Bertz CT molecular complexity index is 1810. The number of hydrogen-bond acceptors (Lipinski definition) is 9. The zero-order valence-corrected chi connectivity index (χ0v) is 31.7. The average molecular weight is 760 g/mol. The van der Waals surface area contributed by atoms with Crippen LogP contribution in [-0.4, -0.2) is 89.2 Å². The van der Waals surface area contributed by atoms with Gasteiger partial charge >= 0.3 is 12.2 Å². The second-order valence-electron chi connectivity index (χ2n) is 16.5. The number of alkyl carbamates (subject to hydrolysis) is 1. The van der Waals surface area contributed by atoms with E-state index in [1.807, 2.05) is 12.2 Å². The van der Waals surface area contributed by atoms with Crippen molar-refractivity contribution in [2.24, 2.45) is 11.3 Å². The van der Waals surface area contributed by atoms with Gasteiger partial charge in [-0.15, -0.1) is 0 Å². The van der Waals surface area contributed by atoms with E-state index >= 15 is 0 Å². The second-order valence-corrected chi connectivity index (χ2v) is 18.5. The molecule has 1 saturated heterocycles. The molecule has 0 bridgehead atoms. The van der Waals surface area contributed by atoms with Crippen LogP contribution in [0.3, 0.4) is 0 Å². The summed E-state index contributed by atoms with van der Waals surface area (Å²) in [6.45, 7) is 8.29. The summed E-state index contributed by atoms with van der Waals surface area (Å²) in [6.07, 6.45) is 5.07. The molecule has 2 saturated carbocycles. The predicted molar refractivity (Wildman–Crippen MR) is 190 cm³/mol. The summed E-state index contributed by atoms with van der Waals surface area (Å²) >= 11 is 0. The van der Waals surface area contributed by atoms with E-state index in [2.05, 4.69) is 15.4 Å². The van der Waals surface area contributed by atoms with Gasteiger partial charge in [0.1, 0.15) is 35.1 Å². The Balaban J connectivity index is 1.31. The molecule has 1 aromatic carbocycles. The first-order chi connectivity index (χ1) is 24.8. The van der Waals surface area contributed by atoms with Gasteiger partial charge in [-0.1, -0.05) is 51.0 Å². The molecule has 0 aromatic heterocycles. The summed E-state index contributed by atoms with van der Waals surface area (Å²) < 4.78 is 53.9. The molecule has 3 heterocycles. The molecule has 1 aromatic rings. The summed E-state index contributed by atoms with van der Waals surface area (Å²) in [4.78, 5) is 72.1. The van der Waals surface area contributed by atoms with E-state index in [9.17, 15) is 36.8 Å². The van der Waals surface area contributed by atoms with Crippen molar-refractivity contribution in [2.45, 2.75) is 134 Å². The number of benzene rings is 1. The molecule has 3 aliphatic heterocycles. The highest BCUT2D eigenvalue weighted by Gasteiger charge is 2.64. The minimum Gasteiger partial charge on any atom is -0.444 e. The van der Waals surface area contributed by atoms with Crippen LogP contribution in [0.2, 0.25) is 0 Å². The fraction of sp³-hybridized carbons (Fsp3) is 0.649. The zero-order chi connectivity index (χ0) is 38.5. The largest absolute Gasteiger partial charge is 0.444 e. The molecule has 5 atom stereocenters. The highest BCUT2D eigenvalue weighted by atomic mass is 32.2. The normalized spacial score (nSPS) is 29.3. The third-order valence-corrected chi connectivity index (χ3v) is 12.7. The third kappa shape index (κ3) is 8.16. The number of amides is 5. The number of carbonyl (C=O) groups is 5. The highest BCUT2D eigenvalue weighted by molar-refractivity contribution is 7.91. The Morgan fingerprint density at radius 2 is 1.77 bits per heavy atom. The maximum atomic E-state index is 14.6. The predicted octanol–water partition coefficient (Wildman–Crippen LogP) is 3.78. The van der Waals surface area contributed by atoms with Crippen molar-refractivity contribution in [1.29, 1.82) is 0 Å². The lowest BCUT2D eigenvalue weighted by Crippen LogP contribution is -2.60. The van der Waals surface area contributed by atoms with E-state index < -0.39 is 91.7 Å². The molecule has 2 aliphatic carbocycles. The molecular formula is C37H50FN5O9S. The second kappa shape index (κ2) is 14.2. The van der Waals surface area contributed by atoms with Crippen molar-refractivity contribution in [3.05, 3.63) is 47.3 Å². The lowest BCUT2D eigenvalue weighted by atomic mass is 9.81. The van der Waals surface area contributed by atoms with E-state index in [1.165, 1.54) is 15.9 Å². The Kier molecular flexibility index (Phi) is 10.3. The summed E-state index contributed by atoms with van der Waals surface area (Å²) in [5.74, 6) is -3.12. The fourth-order valence-corrected chi connectivity index (χ4v) is 8.96. The van der Waals surface area contributed by atoms with Crippen LogP contribution in [-0.2, 0) is 47.0 Å². The van der Waals surface area contributed by atoms with E-state index in [0.29, 0.717) is 43.2 Å². The van der Waals surface area contributed by atoms with Crippen LogP contribution in [0.4, 0.5) is 14.0 Å². The van der Waals surface area contributed by atoms with Crippen LogP contribution in [0, 0.1) is 17.2 Å². The molecule has 6 rings (SSSR count). The lowest BCUT2D eigenvalue weighted by Gasteiger charge is -2.35. The third-order valence-electron chi connectivity index (χ3n) is 10.9. The number of sulfonamides is 1. The topological polar surface area (TPSA) is 181 Å². The van der Waals surface area contributed by atoms with Crippen LogP contribution in [0.25, 0.3) is 0 Å². The smallest absolute Gasteiger partial charge is 0.410 e. The molecule has 0 spiro atoms. The molecule has 3 fully saturated rings. The SMILES string of the molecule is CC(C)(C)OC(=O)N[C@H]1CCCCC/C=C\[C@@H]2C[C@@]2(C(=O)NS(=O)(=O)C2CC2)NC(=O)[C@H]2N(C[C@H](OC(=O)N3Cc4cccc(F)c4C3)C2(C)C)C1=O. The van der Waals surface area contributed by atoms with Crippen LogP contribution in [0.5, 0.6) is 0 Å². The van der Waals surface area contributed by atoms with Gasteiger partial charge in [0.05, 0.1) is 18.3 Å². The van der Waals surface area contributed by atoms with E-state index in [4.69, 9.17) is 9.47 Å². The summed E-state index contributed by atoms with van der Waals surface area (Å²) in [5, 5.41) is 4.86. The van der Waals surface area contributed by atoms with Crippen LogP contribution >= 0.6 is 0 Å². The van der Waals surface area contributed by atoms with Crippen molar-refractivity contribution >= 4 is 39.9 Å². The van der Waals surface area contributed by atoms with Gasteiger partial charge in [-0.2, -0.15) is 0 Å². The molecule has 16 heteroatoms. The van der Waals surface area contributed by atoms with Crippen LogP contribution in [0.1, 0.15) is 97.1 Å². The van der Waals surface area contributed by atoms with Crippen molar-refractivity contribution in [3.63, 3.8) is 0 Å². The Morgan fingerprint density at radius 1 is 1.04 bits per heavy atom. The molecule has 3 N–H and O–H groups in total. The summed E-state index contributed by atoms with van der Waals surface area (Å²) in [5.41, 5.74) is -2.66. The molecular weight excluding hydrogens is 709 g/mol. The maximum Gasteiger partial charge on any atom is 0.410 e. The van der Waals surface area contributed by atoms with Gasteiger partial charge in [0.2, 0.25) is 21.8 Å². The molecule has 290 valence electrons. The first kappa shape index (κ1) is 38.5. The van der Waals surface area contributed by atoms with E-state index in [1.54, 1.807) is 46.8 Å². The van der Waals surface area contributed by atoms with Gasteiger partial charge in [0.15, 0.2) is 0 Å². The number of nitrogens with zero attached hydrogens (tertiary/aromatic N) is 2. The summed E-state index contributed by atoms with van der Waals surface area (Å²) in [6, 6.07) is 2.19. The number of ether oxygens (including phenoxy) is 2. The minimum absolute atomic E-state index is 0.0151. The van der Waals surface area contributed by atoms with Gasteiger partial charge < -0.3 is 25.0 Å². The minimum atomic E-state index is -3.94. The molecule has 0 unspecified atom stereocenters. The van der Waals surface area contributed by atoms with E-state index in [-0.39, 0.29) is 32.5 Å². The van der Waals surface area contributed by atoms with Gasteiger partial charge in [0, 0.05) is 23.4 Å². The molecule has 5 amide bonds. The Labute approximate surface area is 309 Å². The number of carbonyl (C=O) groups excluding carboxylic acids is 5. The number of allylic oxidation sites excluding steroid dienone is 1. The number of nitrogens with one attached hydrogen (secondary N) is 3. The first-order valence-electron chi connectivity index (χ1n) is 18.4. The van der Waals surface area contributed by atoms with Crippen LogP contribution < -0.4 is 15.4 Å². The van der Waals surface area contributed by atoms with Gasteiger partial charge in [-0.05, 0) is 70.9 Å². The van der Waals surface area contributed by atoms with Gasteiger partial charge in [-0.3, -0.25) is 24.0 Å². The average Bonchev–Trinajstić information content (AvgIpc) is 3.96. The van der Waals surface area contributed by atoms with Crippen molar-refractivity contribution in [3.8, 4) is 0 Å². The molecule has 14 nitrogen and oxygen atoms in total. The molecule has 53 heavy (non-hydrogen) atoms. The number of rotatable bonds is 5. The number of halogens is 1. The Morgan fingerprint density at radius 3 is 2.45 bits per heavy atom. The van der Waals surface area contributed by atoms with Crippen molar-refractivity contribution in [1.82, 2.24) is 25.2 Å².